The van der Waals surface area contributed by atoms with E-state index < -0.39 is 0 Å². The average molecular weight is 686 g/mol. The molecule has 10 aromatic rings. The summed E-state index contributed by atoms with van der Waals surface area (Å²) in [5, 5.41) is 10.0. The highest BCUT2D eigenvalue weighted by Gasteiger charge is 2.26. The molecule has 0 atom stereocenters. The number of nitrogens with zero attached hydrogens (tertiary/aromatic N) is 1. The summed E-state index contributed by atoms with van der Waals surface area (Å²) in [5.74, 6) is 0. The monoisotopic (exact) mass is 685 g/mol. The molecule has 0 amide bonds. The van der Waals surface area contributed by atoms with Crippen LogP contribution in [0.3, 0.4) is 0 Å². The van der Waals surface area contributed by atoms with Crippen LogP contribution in [0.5, 0.6) is 0 Å². The van der Waals surface area contributed by atoms with Crippen molar-refractivity contribution in [3.05, 3.63) is 186 Å². The van der Waals surface area contributed by atoms with Gasteiger partial charge in [-0.05, 0) is 131 Å². The molecule has 0 aliphatic heterocycles. The molecule has 8 aromatic carbocycles. The van der Waals surface area contributed by atoms with Crippen molar-refractivity contribution in [3.8, 4) is 44.5 Å². The molecule has 2 aliphatic carbocycles. The lowest BCUT2D eigenvalue weighted by Crippen LogP contribution is -2.12. The smallest absolute Gasteiger partial charge is 0.263 e. The van der Waals surface area contributed by atoms with E-state index in [2.05, 4.69) is 147 Å². The molecule has 0 unspecified atom stereocenters. The van der Waals surface area contributed by atoms with Gasteiger partial charge in [0.25, 0.3) is 5.56 Å². The Labute approximate surface area is 311 Å². The van der Waals surface area contributed by atoms with E-state index in [0.29, 0.717) is 0 Å². The molecular weight excluding hydrogens is 655 g/mol. The Balaban J connectivity index is 1.16. The van der Waals surface area contributed by atoms with Crippen LogP contribution < -0.4 is 5.56 Å². The van der Waals surface area contributed by atoms with E-state index in [-0.39, 0.29) is 5.56 Å². The third kappa shape index (κ3) is 3.62. The normalized spacial score (nSPS) is 13.3. The average Bonchev–Trinajstić information content (AvgIpc) is 3.84. The summed E-state index contributed by atoms with van der Waals surface area (Å²) >= 11 is 0. The van der Waals surface area contributed by atoms with Gasteiger partial charge in [-0.15, -0.1) is 0 Å². The molecule has 2 nitrogen and oxygen atoms in total. The highest BCUT2D eigenvalue weighted by Crippen LogP contribution is 2.51. The van der Waals surface area contributed by atoms with Gasteiger partial charge in [0.05, 0.1) is 11.0 Å². The predicted molar refractivity (Wildman–Crippen MR) is 230 cm³/mol. The molecular formula is C52H31NO. The van der Waals surface area contributed by atoms with Gasteiger partial charge < -0.3 is 0 Å². The van der Waals surface area contributed by atoms with E-state index in [4.69, 9.17) is 0 Å². The summed E-state index contributed by atoms with van der Waals surface area (Å²) in [6.45, 7) is 6.24. The first-order chi connectivity index (χ1) is 26.6. The summed E-state index contributed by atoms with van der Waals surface area (Å²) in [6.07, 6.45) is 6.28. The summed E-state index contributed by atoms with van der Waals surface area (Å²) in [6, 6.07) is 50.5. The molecule has 2 aliphatic rings. The van der Waals surface area contributed by atoms with Crippen molar-refractivity contribution in [1.82, 2.24) is 4.40 Å². The van der Waals surface area contributed by atoms with Gasteiger partial charge in [0.2, 0.25) is 0 Å². The lowest BCUT2D eigenvalue weighted by Gasteiger charge is -2.12. The highest BCUT2D eigenvalue weighted by molar-refractivity contribution is 6.25. The zero-order chi connectivity index (χ0) is 35.8. The predicted octanol–water partition coefficient (Wildman–Crippen LogP) is 13.5. The van der Waals surface area contributed by atoms with Crippen LogP contribution in [0, 0.1) is 0 Å². The van der Waals surface area contributed by atoms with Gasteiger partial charge in [-0.2, -0.15) is 0 Å². The van der Waals surface area contributed by atoms with E-state index in [1.165, 1.54) is 77.2 Å². The van der Waals surface area contributed by atoms with Crippen LogP contribution in [-0.4, -0.2) is 4.40 Å². The van der Waals surface area contributed by atoms with Crippen molar-refractivity contribution in [1.29, 1.82) is 0 Å². The maximum Gasteiger partial charge on any atom is 0.263 e. The molecule has 54 heavy (non-hydrogen) atoms. The van der Waals surface area contributed by atoms with Crippen molar-refractivity contribution in [2.45, 2.75) is 6.92 Å². The SMILES string of the molecule is C=CC1=C(/C=C\C)c2ccc(-c3ccc4c(c3)c3cc(-c5ccc6c7c(cccc57)-c5ccccc5-6)cc5c6ccccc6c(=O)n4c53)c3cccc1c23. The number of hydrogen-bond acceptors (Lipinski definition) is 1. The molecule has 2 heteroatoms. The standard InChI is InChI=1S/C52H31NO/c1-3-11-34-31(4-2)38-16-9-17-39-32(21-23-42(34)49(38)39)29-20-25-48-45(26-29)47-28-30(27-46-37-14-7-8-15-44(37)52(54)53(48)51(46)47)33-22-24-43-36-13-6-5-12-35(36)41-19-10-18-40(33)50(41)43/h3-28H,2H2,1H3/b11-3-. The van der Waals surface area contributed by atoms with Crippen LogP contribution in [0.2, 0.25) is 0 Å². The second kappa shape index (κ2) is 10.5. The Morgan fingerprint density at radius 1 is 0.463 bits per heavy atom. The summed E-state index contributed by atoms with van der Waals surface area (Å²) in [7, 11) is 0. The van der Waals surface area contributed by atoms with Crippen LogP contribution in [-0.2, 0) is 0 Å². The molecule has 12 rings (SSSR count). The van der Waals surface area contributed by atoms with Gasteiger partial charge in [-0.25, -0.2) is 0 Å². The number of benzene rings is 8. The summed E-state index contributed by atoms with van der Waals surface area (Å²) in [4.78, 5) is 14.4. The lowest BCUT2D eigenvalue weighted by atomic mass is 9.91. The number of fused-ring (bicyclic) bond motifs is 8. The topological polar surface area (TPSA) is 21.5 Å². The van der Waals surface area contributed by atoms with E-state index in [9.17, 15) is 4.79 Å². The quantitative estimate of drug-likeness (QED) is 0.169. The van der Waals surface area contributed by atoms with Crippen LogP contribution >= 0.6 is 0 Å². The summed E-state index contributed by atoms with van der Waals surface area (Å²) in [5.41, 5.74) is 16.6. The van der Waals surface area contributed by atoms with E-state index in [1.54, 1.807) is 0 Å². The molecule has 250 valence electrons. The Hall–Kier alpha value is -7.03. The minimum atomic E-state index is 0.0200. The fourth-order valence-corrected chi connectivity index (χ4v) is 9.94. The van der Waals surface area contributed by atoms with Crippen LogP contribution in [0.4, 0.5) is 0 Å². The zero-order valence-electron chi connectivity index (χ0n) is 29.6. The molecule has 2 heterocycles. The second-order valence-corrected chi connectivity index (χ2v) is 14.7. The Kier molecular flexibility index (Phi) is 5.76. The molecule has 0 spiro atoms. The second-order valence-electron chi connectivity index (χ2n) is 14.7. The van der Waals surface area contributed by atoms with E-state index >= 15 is 0 Å². The molecule has 0 saturated carbocycles. The number of allylic oxidation sites excluding steroid dienone is 5. The number of rotatable bonds is 4. The maximum absolute atomic E-state index is 14.4. The van der Waals surface area contributed by atoms with Crippen LogP contribution in [0.15, 0.2) is 169 Å². The minimum absolute atomic E-state index is 0.0200. The van der Waals surface area contributed by atoms with Crippen molar-refractivity contribution in [2.75, 3.05) is 0 Å². The zero-order valence-corrected chi connectivity index (χ0v) is 29.6. The Morgan fingerprint density at radius 3 is 1.74 bits per heavy atom. The molecule has 0 bridgehead atoms. The van der Waals surface area contributed by atoms with E-state index in [1.807, 2.05) is 28.7 Å². The molecule has 2 aromatic heterocycles. The van der Waals surface area contributed by atoms with Crippen LogP contribution in [0.1, 0.15) is 18.1 Å². The van der Waals surface area contributed by atoms with Crippen molar-refractivity contribution in [3.63, 3.8) is 0 Å². The summed E-state index contributed by atoms with van der Waals surface area (Å²) < 4.78 is 1.96. The number of aromatic nitrogens is 1. The Bertz CT molecular complexity index is 3450. The van der Waals surface area contributed by atoms with Gasteiger partial charge >= 0.3 is 0 Å². The van der Waals surface area contributed by atoms with Gasteiger partial charge in [-0.1, -0.05) is 134 Å². The first kappa shape index (κ1) is 29.5. The first-order valence-electron chi connectivity index (χ1n) is 18.6. The molecule has 0 fully saturated rings. The van der Waals surface area contributed by atoms with Crippen molar-refractivity contribution >= 4 is 70.7 Å². The Morgan fingerprint density at radius 2 is 1.00 bits per heavy atom. The fraction of sp³-hybridized carbons (Fsp3) is 0.0192. The number of hydrogen-bond donors (Lipinski definition) is 0. The lowest BCUT2D eigenvalue weighted by molar-refractivity contribution is 1.21. The van der Waals surface area contributed by atoms with Crippen LogP contribution in [0.25, 0.3) is 115 Å². The van der Waals surface area contributed by atoms with Gasteiger partial charge in [0, 0.05) is 21.5 Å². The molecule has 0 N–H and O–H groups in total. The van der Waals surface area contributed by atoms with E-state index in [0.717, 1.165) is 49.1 Å². The van der Waals surface area contributed by atoms with Gasteiger partial charge in [0.1, 0.15) is 0 Å². The third-order valence-corrected chi connectivity index (χ3v) is 12.1. The van der Waals surface area contributed by atoms with Crippen molar-refractivity contribution in [2.24, 2.45) is 0 Å². The molecule has 0 radical (unpaired) electrons. The first-order valence-corrected chi connectivity index (χ1v) is 18.6. The fourth-order valence-electron chi connectivity index (χ4n) is 9.94. The minimum Gasteiger partial charge on any atom is -0.275 e. The highest BCUT2D eigenvalue weighted by atomic mass is 16.1. The molecule has 0 saturated heterocycles. The maximum atomic E-state index is 14.4. The largest absolute Gasteiger partial charge is 0.275 e. The van der Waals surface area contributed by atoms with Gasteiger partial charge in [0.15, 0.2) is 0 Å². The number of pyridine rings is 1. The van der Waals surface area contributed by atoms with Crippen molar-refractivity contribution < 1.29 is 0 Å². The third-order valence-electron chi connectivity index (χ3n) is 12.1. The van der Waals surface area contributed by atoms with Gasteiger partial charge in [-0.3, -0.25) is 9.20 Å².